The molecule has 0 aliphatic heterocycles. The van der Waals surface area contributed by atoms with Gasteiger partial charge in [-0.25, -0.2) is 0 Å². The van der Waals surface area contributed by atoms with Crippen LogP contribution in [0.4, 0.5) is 0 Å². The Kier molecular flexibility index (Phi) is 3.96. The number of ketones is 1. The summed E-state index contributed by atoms with van der Waals surface area (Å²) in [4.78, 5) is 12.2. The Morgan fingerprint density at radius 3 is 2.25 bits per heavy atom. The van der Waals surface area contributed by atoms with Gasteiger partial charge in [0.15, 0.2) is 5.78 Å². The van der Waals surface area contributed by atoms with Gasteiger partial charge >= 0.3 is 0 Å². The van der Waals surface area contributed by atoms with Crippen molar-refractivity contribution < 1.29 is 4.79 Å². The second-order valence-electron chi connectivity index (χ2n) is 3.30. The van der Waals surface area contributed by atoms with Gasteiger partial charge in [-0.3, -0.25) is 4.79 Å². The van der Waals surface area contributed by atoms with Crippen LogP contribution in [0, 0.1) is 7.14 Å². The Morgan fingerprint density at radius 2 is 1.56 bits per heavy atom. The fraction of sp³-hybridized carbons (Fsp3) is 0. The van der Waals surface area contributed by atoms with Gasteiger partial charge in [0.05, 0.1) is 0 Å². The summed E-state index contributed by atoms with van der Waals surface area (Å²) in [6.45, 7) is 0. The van der Waals surface area contributed by atoms with Crippen LogP contribution < -0.4 is 0 Å². The van der Waals surface area contributed by atoms with Crippen LogP contribution in [0.1, 0.15) is 15.9 Å². The lowest BCUT2D eigenvalue weighted by Gasteiger charge is -2.05. The van der Waals surface area contributed by atoms with E-state index in [1.807, 2.05) is 48.5 Å². The topological polar surface area (TPSA) is 17.1 Å². The van der Waals surface area contributed by atoms with E-state index in [4.69, 9.17) is 0 Å². The maximum absolute atomic E-state index is 12.2. The summed E-state index contributed by atoms with van der Waals surface area (Å²) >= 11 is 4.46. The number of hydrogen-bond acceptors (Lipinski definition) is 1. The van der Waals surface area contributed by atoms with Crippen molar-refractivity contribution in [1.82, 2.24) is 0 Å². The third-order valence-electron chi connectivity index (χ3n) is 2.23. The van der Waals surface area contributed by atoms with Crippen molar-refractivity contribution in [2.75, 3.05) is 0 Å². The summed E-state index contributed by atoms with van der Waals surface area (Å²) < 4.78 is 2.13. The largest absolute Gasteiger partial charge is 0.289 e. The molecule has 2 rings (SSSR count). The smallest absolute Gasteiger partial charge is 0.194 e. The van der Waals surface area contributed by atoms with Crippen molar-refractivity contribution in [3.8, 4) is 0 Å². The van der Waals surface area contributed by atoms with Gasteiger partial charge in [-0.1, -0.05) is 36.4 Å². The van der Waals surface area contributed by atoms with Crippen molar-refractivity contribution >= 4 is 51.0 Å². The summed E-state index contributed by atoms with van der Waals surface area (Å²) in [5.41, 5.74) is 1.51. The molecule has 0 aromatic heterocycles. The van der Waals surface area contributed by atoms with Gasteiger partial charge in [0.2, 0.25) is 0 Å². The van der Waals surface area contributed by atoms with Crippen LogP contribution in [0.5, 0.6) is 0 Å². The lowest BCUT2D eigenvalue weighted by molar-refractivity contribution is 0.103. The van der Waals surface area contributed by atoms with Gasteiger partial charge in [0.1, 0.15) is 0 Å². The summed E-state index contributed by atoms with van der Waals surface area (Å²) in [5, 5.41) is 0. The van der Waals surface area contributed by atoms with E-state index in [1.165, 1.54) is 0 Å². The molecule has 2 aromatic rings. The minimum Gasteiger partial charge on any atom is -0.289 e. The first-order chi connectivity index (χ1) is 7.70. The highest BCUT2D eigenvalue weighted by atomic mass is 127. The molecule has 0 atom stereocenters. The molecule has 1 nitrogen and oxygen atoms in total. The highest BCUT2D eigenvalue weighted by Crippen LogP contribution is 2.21. The molecule has 16 heavy (non-hydrogen) atoms. The average Bonchev–Trinajstić information content (AvgIpc) is 2.33. The number of halogens is 2. The first-order valence-corrected chi connectivity index (χ1v) is 6.89. The lowest BCUT2D eigenvalue weighted by atomic mass is 10.0. The van der Waals surface area contributed by atoms with E-state index in [0.29, 0.717) is 0 Å². The average molecular weight is 434 g/mol. The summed E-state index contributed by atoms with van der Waals surface area (Å²) in [6.07, 6.45) is 0. The Hall–Kier alpha value is -0.430. The Balaban J connectivity index is 2.46. The second-order valence-corrected chi connectivity index (χ2v) is 5.54. The van der Waals surface area contributed by atoms with Gasteiger partial charge in [-0.15, -0.1) is 0 Å². The van der Waals surface area contributed by atoms with Crippen LogP contribution in [0.15, 0.2) is 48.5 Å². The van der Waals surface area contributed by atoms with Gasteiger partial charge < -0.3 is 0 Å². The maximum atomic E-state index is 12.2. The lowest BCUT2D eigenvalue weighted by Crippen LogP contribution is -2.04. The fourth-order valence-corrected chi connectivity index (χ4v) is 2.53. The molecule has 0 unspecified atom stereocenters. The molecule has 0 amide bonds. The zero-order valence-electron chi connectivity index (χ0n) is 8.28. The maximum Gasteiger partial charge on any atom is 0.194 e. The van der Waals surface area contributed by atoms with Gasteiger partial charge in [-0.05, 0) is 57.3 Å². The monoisotopic (exact) mass is 434 g/mol. The van der Waals surface area contributed by atoms with Crippen molar-refractivity contribution in [1.29, 1.82) is 0 Å². The van der Waals surface area contributed by atoms with Crippen LogP contribution in [0.25, 0.3) is 0 Å². The highest BCUT2D eigenvalue weighted by Gasteiger charge is 2.13. The first-order valence-electron chi connectivity index (χ1n) is 4.74. The van der Waals surface area contributed by atoms with Gasteiger partial charge in [-0.2, -0.15) is 0 Å². The standard InChI is InChI=1S/C13H8I2O/c14-11-8-4-7-10(12(11)15)13(16)9-5-2-1-3-6-9/h1-8H. The second kappa shape index (κ2) is 5.27. The van der Waals surface area contributed by atoms with Crippen molar-refractivity contribution in [2.24, 2.45) is 0 Å². The third-order valence-corrected chi connectivity index (χ3v) is 5.33. The van der Waals surface area contributed by atoms with E-state index in [1.54, 1.807) is 0 Å². The number of rotatable bonds is 2. The molecule has 3 heteroatoms. The molecule has 0 bridgehead atoms. The molecule has 0 heterocycles. The minimum atomic E-state index is 0.0866. The Labute approximate surface area is 122 Å². The number of carbonyl (C=O) groups is 1. The van der Waals surface area contributed by atoms with Crippen molar-refractivity contribution in [3.63, 3.8) is 0 Å². The van der Waals surface area contributed by atoms with E-state index in [9.17, 15) is 4.79 Å². The molecule has 80 valence electrons. The van der Waals surface area contributed by atoms with E-state index >= 15 is 0 Å². The van der Waals surface area contributed by atoms with Crippen molar-refractivity contribution in [3.05, 3.63) is 66.8 Å². The highest BCUT2D eigenvalue weighted by molar-refractivity contribution is 14.1. The molecule has 0 saturated heterocycles. The Bertz CT molecular complexity index is 521. The molecule has 0 aliphatic rings. The van der Waals surface area contributed by atoms with Crippen LogP contribution in [-0.2, 0) is 0 Å². The van der Waals surface area contributed by atoms with Gasteiger partial charge in [0, 0.05) is 18.3 Å². The summed E-state index contributed by atoms with van der Waals surface area (Å²) in [5.74, 6) is 0.0866. The zero-order valence-corrected chi connectivity index (χ0v) is 12.6. The normalized spacial score (nSPS) is 10.1. The molecule has 0 N–H and O–H groups in total. The number of benzene rings is 2. The predicted octanol–water partition coefficient (Wildman–Crippen LogP) is 4.13. The molecule has 0 fully saturated rings. The van der Waals surface area contributed by atoms with E-state index < -0.39 is 0 Å². The Morgan fingerprint density at radius 1 is 0.875 bits per heavy atom. The van der Waals surface area contributed by atoms with Crippen LogP contribution >= 0.6 is 45.2 Å². The molecule has 0 aliphatic carbocycles. The molecular weight excluding hydrogens is 426 g/mol. The SMILES string of the molecule is O=C(c1ccccc1)c1cccc(I)c1I. The minimum absolute atomic E-state index is 0.0866. The molecule has 0 saturated carbocycles. The van der Waals surface area contributed by atoms with Crippen molar-refractivity contribution in [2.45, 2.75) is 0 Å². The molecular formula is C13H8I2O. The zero-order chi connectivity index (χ0) is 11.5. The summed E-state index contributed by atoms with van der Waals surface area (Å²) in [6, 6.07) is 15.2. The first kappa shape index (κ1) is 12.0. The predicted molar refractivity (Wildman–Crippen MR) is 81.8 cm³/mol. The van der Waals surface area contributed by atoms with Crippen LogP contribution in [-0.4, -0.2) is 5.78 Å². The number of hydrogen-bond donors (Lipinski definition) is 0. The van der Waals surface area contributed by atoms with Crippen LogP contribution in [0.3, 0.4) is 0 Å². The third kappa shape index (κ3) is 2.45. The van der Waals surface area contributed by atoms with Gasteiger partial charge in [0.25, 0.3) is 0 Å². The number of carbonyl (C=O) groups excluding carboxylic acids is 1. The molecule has 0 spiro atoms. The molecule has 2 aromatic carbocycles. The van der Waals surface area contributed by atoms with E-state index in [2.05, 4.69) is 45.2 Å². The fourth-order valence-electron chi connectivity index (χ4n) is 1.42. The van der Waals surface area contributed by atoms with E-state index in [-0.39, 0.29) is 5.78 Å². The van der Waals surface area contributed by atoms with E-state index in [0.717, 1.165) is 18.3 Å². The quantitative estimate of drug-likeness (QED) is 0.514. The summed E-state index contributed by atoms with van der Waals surface area (Å²) in [7, 11) is 0. The van der Waals surface area contributed by atoms with Crippen LogP contribution in [0.2, 0.25) is 0 Å². The molecule has 0 radical (unpaired) electrons.